The third-order valence-electron chi connectivity index (χ3n) is 3.70. The van der Waals surface area contributed by atoms with Crippen molar-refractivity contribution in [1.29, 1.82) is 0 Å². The van der Waals surface area contributed by atoms with Gasteiger partial charge in [0.1, 0.15) is 0 Å². The number of aromatic carboxylic acids is 2. The van der Waals surface area contributed by atoms with Crippen molar-refractivity contribution in [3.63, 3.8) is 0 Å². The highest BCUT2D eigenvalue weighted by Crippen LogP contribution is 2.18. The number of anilines is 1. The average Bonchev–Trinajstić information content (AvgIpc) is 2.67. The number of fused-ring (bicyclic) bond motifs is 1. The summed E-state index contributed by atoms with van der Waals surface area (Å²) in [4.78, 5) is 38.1. The maximum atomic E-state index is 11.9. The quantitative estimate of drug-likeness (QED) is 0.444. The highest BCUT2D eigenvalue weighted by molar-refractivity contribution is 6.00. The smallest absolute Gasteiger partial charge is 0.335 e. The van der Waals surface area contributed by atoms with Crippen LogP contribution in [0.1, 0.15) is 20.7 Å². The summed E-state index contributed by atoms with van der Waals surface area (Å²) >= 11 is 0. The fraction of sp³-hybridized carbons (Fsp3) is 0. The molecule has 1 amide bonds. The van der Waals surface area contributed by atoms with Gasteiger partial charge in [-0.05, 0) is 36.4 Å². The summed E-state index contributed by atoms with van der Waals surface area (Å²) in [6.45, 7) is 0. The lowest BCUT2D eigenvalue weighted by atomic mass is 10.1. The Morgan fingerprint density at radius 3 is 2.39 bits per heavy atom. The Morgan fingerprint density at radius 2 is 1.64 bits per heavy atom. The Labute approximate surface area is 158 Å². The molecule has 2 aromatic carbocycles. The molecule has 3 N–H and O–H groups in total. The van der Waals surface area contributed by atoms with Crippen LogP contribution in [0.5, 0.6) is 5.88 Å². The topological polar surface area (TPSA) is 126 Å². The molecule has 8 heteroatoms. The van der Waals surface area contributed by atoms with Crippen molar-refractivity contribution in [2.75, 3.05) is 5.32 Å². The van der Waals surface area contributed by atoms with E-state index >= 15 is 0 Å². The van der Waals surface area contributed by atoms with Crippen LogP contribution in [0.25, 0.3) is 10.9 Å². The van der Waals surface area contributed by atoms with E-state index in [4.69, 9.17) is 14.9 Å². The molecular weight excluding hydrogens is 364 g/mol. The molecule has 0 saturated carbocycles. The van der Waals surface area contributed by atoms with Crippen molar-refractivity contribution >= 4 is 34.4 Å². The van der Waals surface area contributed by atoms with Crippen molar-refractivity contribution in [1.82, 2.24) is 4.98 Å². The number of carboxylic acids is 2. The van der Waals surface area contributed by atoms with Gasteiger partial charge in [-0.25, -0.2) is 14.6 Å². The van der Waals surface area contributed by atoms with Gasteiger partial charge in [0.05, 0.1) is 22.9 Å². The third kappa shape index (κ3) is 4.50. The zero-order chi connectivity index (χ0) is 20.1. The lowest BCUT2D eigenvalue weighted by Crippen LogP contribution is -2.09. The lowest BCUT2D eigenvalue weighted by molar-refractivity contribution is -0.112. The minimum atomic E-state index is -1.09. The van der Waals surface area contributed by atoms with E-state index in [0.717, 1.165) is 17.7 Å². The molecular formula is C20H14N2O6. The molecule has 3 rings (SSSR count). The van der Waals surface area contributed by atoms with E-state index in [-0.39, 0.29) is 17.0 Å². The second-order valence-electron chi connectivity index (χ2n) is 5.66. The summed E-state index contributed by atoms with van der Waals surface area (Å²) in [6, 6.07) is 13.7. The van der Waals surface area contributed by atoms with Crippen molar-refractivity contribution in [2.24, 2.45) is 0 Å². The summed E-state index contributed by atoms with van der Waals surface area (Å²) in [5.41, 5.74) is 0.940. The number of nitrogens with one attached hydrogen (secondary N) is 1. The standard InChI is InChI=1S/C20H14N2O6/c23-17(21-15-3-1-2-13(10-15)19(24)25)8-9-28-18-7-6-12-4-5-14(20(26)27)11-16(12)22-18/h1-11H,(H,21,23)(H,24,25)(H,26,27)/b9-8-. The number of carbonyl (C=O) groups is 3. The van der Waals surface area contributed by atoms with Gasteiger partial charge in [0.2, 0.25) is 5.88 Å². The number of hydrogen-bond acceptors (Lipinski definition) is 5. The summed E-state index contributed by atoms with van der Waals surface area (Å²) < 4.78 is 5.29. The first kappa shape index (κ1) is 18.6. The molecule has 0 spiro atoms. The van der Waals surface area contributed by atoms with Gasteiger partial charge in [-0.15, -0.1) is 0 Å². The van der Waals surface area contributed by atoms with E-state index in [2.05, 4.69) is 10.3 Å². The first-order valence-electron chi connectivity index (χ1n) is 8.04. The van der Waals surface area contributed by atoms with Crippen LogP contribution in [-0.2, 0) is 4.79 Å². The number of amides is 1. The largest absolute Gasteiger partial charge is 0.478 e. The van der Waals surface area contributed by atoms with E-state index in [1.165, 1.54) is 30.3 Å². The predicted molar refractivity (Wildman–Crippen MR) is 101 cm³/mol. The van der Waals surface area contributed by atoms with Gasteiger partial charge in [-0.1, -0.05) is 12.1 Å². The zero-order valence-electron chi connectivity index (χ0n) is 14.3. The van der Waals surface area contributed by atoms with E-state index in [9.17, 15) is 14.4 Å². The van der Waals surface area contributed by atoms with Gasteiger partial charge in [0.15, 0.2) is 0 Å². The first-order chi connectivity index (χ1) is 13.4. The minimum absolute atomic E-state index is 0.0547. The van der Waals surface area contributed by atoms with Crippen LogP contribution in [0.15, 0.2) is 66.9 Å². The molecule has 1 aromatic heterocycles. The van der Waals surface area contributed by atoms with Gasteiger partial charge in [0, 0.05) is 23.2 Å². The van der Waals surface area contributed by atoms with E-state index in [1.54, 1.807) is 24.3 Å². The molecule has 0 atom stereocenters. The van der Waals surface area contributed by atoms with Gasteiger partial charge in [-0.3, -0.25) is 4.79 Å². The fourth-order valence-electron chi connectivity index (χ4n) is 2.38. The summed E-state index contributed by atoms with van der Waals surface area (Å²) in [5.74, 6) is -2.48. The molecule has 0 fully saturated rings. The van der Waals surface area contributed by atoms with Crippen molar-refractivity contribution in [2.45, 2.75) is 0 Å². The van der Waals surface area contributed by atoms with Crippen LogP contribution in [0.4, 0.5) is 5.69 Å². The Kier molecular flexibility index (Phi) is 5.31. The van der Waals surface area contributed by atoms with Crippen molar-refractivity contribution in [3.8, 4) is 5.88 Å². The Hall–Kier alpha value is -4.20. The molecule has 0 aliphatic carbocycles. The zero-order valence-corrected chi connectivity index (χ0v) is 14.3. The monoisotopic (exact) mass is 378 g/mol. The number of nitrogens with zero attached hydrogens (tertiary/aromatic N) is 1. The molecule has 140 valence electrons. The highest BCUT2D eigenvalue weighted by Gasteiger charge is 2.06. The van der Waals surface area contributed by atoms with E-state index < -0.39 is 17.8 Å². The number of aromatic nitrogens is 1. The van der Waals surface area contributed by atoms with E-state index in [1.807, 2.05) is 0 Å². The molecule has 0 saturated heterocycles. The van der Waals surface area contributed by atoms with Crippen LogP contribution < -0.4 is 10.1 Å². The van der Waals surface area contributed by atoms with E-state index in [0.29, 0.717) is 11.2 Å². The molecule has 0 aliphatic rings. The van der Waals surface area contributed by atoms with Crippen LogP contribution in [0.3, 0.4) is 0 Å². The average molecular weight is 378 g/mol. The number of ether oxygens (including phenoxy) is 1. The number of rotatable bonds is 6. The highest BCUT2D eigenvalue weighted by atomic mass is 16.5. The van der Waals surface area contributed by atoms with Crippen molar-refractivity contribution < 1.29 is 29.3 Å². The number of pyridine rings is 1. The number of benzene rings is 2. The number of hydrogen-bond donors (Lipinski definition) is 3. The molecule has 1 heterocycles. The summed E-state index contributed by atoms with van der Waals surface area (Å²) in [7, 11) is 0. The minimum Gasteiger partial charge on any atom is -0.478 e. The SMILES string of the molecule is O=C(/C=C\Oc1ccc2ccc(C(=O)O)cc2n1)Nc1cccc(C(=O)O)c1. The van der Waals surface area contributed by atoms with Gasteiger partial charge in [-0.2, -0.15) is 0 Å². The van der Waals surface area contributed by atoms with Crippen LogP contribution in [0.2, 0.25) is 0 Å². The molecule has 3 aromatic rings. The fourth-order valence-corrected chi connectivity index (χ4v) is 2.38. The van der Waals surface area contributed by atoms with Gasteiger partial charge in [0.25, 0.3) is 5.91 Å². The first-order valence-corrected chi connectivity index (χ1v) is 8.04. The lowest BCUT2D eigenvalue weighted by Gasteiger charge is -2.04. The molecule has 0 unspecified atom stereocenters. The Bertz CT molecular complexity index is 1110. The maximum absolute atomic E-state index is 11.9. The third-order valence-corrected chi connectivity index (χ3v) is 3.70. The number of carboxylic acid groups (broad SMARTS) is 2. The molecule has 28 heavy (non-hydrogen) atoms. The van der Waals surface area contributed by atoms with Gasteiger partial charge < -0.3 is 20.3 Å². The molecule has 8 nitrogen and oxygen atoms in total. The van der Waals surface area contributed by atoms with Crippen molar-refractivity contribution in [3.05, 3.63) is 78.1 Å². The maximum Gasteiger partial charge on any atom is 0.335 e. The second-order valence-corrected chi connectivity index (χ2v) is 5.66. The predicted octanol–water partition coefficient (Wildman–Crippen LogP) is 3.16. The Morgan fingerprint density at radius 1 is 0.929 bits per heavy atom. The van der Waals surface area contributed by atoms with Crippen LogP contribution >= 0.6 is 0 Å². The molecule has 0 radical (unpaired) electrons. The number of carbonyl (C=O) groups excluding carboxylic acids is 1. The Balaban J connectivity index is 1.66. The van der Waals surface area contributed by atoms with Crippen LogP contribution in [-0.4, -0.2) is 33.0 Å². The van der Waals surface area contributed by atoms with Crippen LogP contribution in [0, 0.1) is 0 Å². The summed E-state index contributed by atoms with van der Waals surface area (Å²) in [5, 5.41) is 21.3. The second kappa shape index (κ2) is 8.00. The summed E-state index contributed by atoms with van der Waals surface area (Å²) in [6.07, 6.45) is 2.25. The van der Waals surface area contributed by atoms with Gasteiger partial charge >= 0.3 is 11.9 Å². The normalized spacial score (nSPS) is 10.7. The molecule has 0 aliphatic heterocycles. The molecule has 0 bridgehead atoms.